The molecule has 0 aliphatic heterocycles. The maximum atomic E-state index is 6.14. The molecular formula is C12H15N3. The van der Waals surface area contributed by atoms with Crippen molar-refractivity contribution in [1.29, 1.82) is 0 Å². The van der Waals surface area contributed by atoms with Crippen molar-refractivity contribution in [1.82, 2.24) is 9.55 Å². The van der Waals surface area contributed by atoms with Crippen LogP contribution < -0.4 is 5.73 Å². The Labute approximate surface area is 89.6 Å². The van der Waals surface area contributed by atoms with E-state index in [4.69, 9.17) is 5.73 Å². The minimum Gasteiger partial charge on any atom is -0.336 e. The van der Waals surface area contributed by atoms with Gasteiger partial charge in [-0.25, -0.2) is 4.98 Å². The Hall–Kier alpha value is -1.61. The van der Waals surface area contributed by atoms with Gasteiger partial charge in [0, 0.05) is 25.0 Å². The van der Waals surface area contributed by atoms with E-state index in [0.29, 0.717) is 0 Å². The highest BCUT2D eigenvalue weighted by atomic mass is 15.0. The summed E-state index contributed by atoms with van der Waals surface area (Å²) in [7, 11) is 0. The lowest BCUT2D eigenvalue weighted by Gasteiger charge is -2.14. The van der Waals surface area contributed by atoms with E-state index in [1.165, 1.54) is 11.1 Å². The number of aromatic nitrogens is 2. The monoisotopic (exact) mass is 201 g/mol. The van der Waals surface area contributed by atoms with Crippen LogP contribution in [0.4, 0.5) is 0 Å². The zero-order chi connectivity index (χ0) is 10.7. The van der Waals surface area contributed by atoms with E-state index in [2.05, 4.69) is 24.0 Å². The maximum Gasteiger partial charge on any atom is 0.0946 e. The molecule has 0 saturated carbocycles. The predicted octanol–water partition coefficient (Wildman–Crippen LogP) is 1.89. The smallest absolute Gasteiger partial charge is 0.0946 e. The molecule has 0 bridgehead atoms. The molecule has 2 aromatic rings. The van der Waals surface area contributed by atoms with Gasteiger partial charge in [-0.05, 0) is 18.1 Å². The van der Waals surface area contributed by atoms with Crippen LogP contribution in [0, 0.1) is 6.92 Å². The number of rotatable bonds is 3. The van der Waals surface area contributed by atoms with Crippen molar-refractivity contribution in [2.24, 2.45) is 5.73 Å². The fourth-order valence-electron chi connectivity index (χ4n) is 1.72. The van der Waals surface area contributed by atoms with Crippen LogP contribution in [-0.2, 0) is 6.54 Å². The second-order valence-electron chi connectivity index (χ2n) is 3.72. The summed E-state index contributed by atoms with van der Waals surface area (Å²) >= 11 is 0. The zero-order valence-electron chi connectivity index (χ0n) is 8.80. The average molecular weight is 201 g/mol. The minimum atomic E-state index is 0.0281. The normalized spacial score (nSPS) is 12.7. The number of benzene rings is 1. The van der Waals surface area contributed by atoms with Crippen LogP contribution >= 0.6 is 0 Å². The van der Waals surface area contributed by atoms with E-state index in [1.807, 2.05) is 22.9 Å². The van der Waals surface area contributed by atoms with Crippen molar-refractivity contribution in [3.05, 3.63) is 54.1 Å². The van der Waals surface area contributed by atoms with E-state index in [0.717, 1.165) is 6.54 Å². The van der Waals surface area contributed by atoms with Gasteiger partial charge in [-0.3, -0.25) is 0 Å². The summed E-state index contributed by atoms with van der Waals surface area (Å²) in [5, 5.41) is 0. The molecule has 0 saturated heterocycles. The third kappa shape index (κ3) is 2.25. The standard InChI is InChI=1S/C12H15N3/c1-10-4-2-3-5-11(10)12(13)8-15-7-6-14-9-15/h2-7,9,12H,8,13H2,1H3. The molecule has 0 fully saturated rings. The topological polar surface area (TPSA) is 43.8 Å². The van der Waals surface area contributed by atoms with E-state index in [9.17, 15) is 0 Å². The molecule has 1 unspecified atom stereocenters. The Morgan fingerprint density at radius 3 is 2.87 bits per heavy atom. The summed E-state index contributed by atoms with van der Waals surface area (Å²) in [6.45, 7) is 2.86. The number of aryl methyl sites for hydroxylation is 1. The summed E-state index contributed by atoms with van der Waals surface area (Å²) in [6.07, 6.45) is 5.49. The van der Waals surface area contributed by atoms with Gasteiger partial charge in [-0.1, -0.05) is 24.3 Å². The molecule has 0 aliphatic carbocycles. The maximum absolute atomic E-state index is 6.14. The molecule has 78 valence electrons. The summed E-state index contributed by atoms with van der Waals surface area (Å²) < 4.78 is 2.00. The molecule has 2 rings (SSSR count). The Bertz CT molecular complexity index is 420. The first-order chi connectivity index (χ1) is 7.27. The summed E-state index contributed by atoms with van der Waals surface area (Å²) in [5.74, 6) is 0. The van der Waals surface area contributed by atoms with Gasteiger partial charge in [0.2, 0.25) is 0 Å². The van der Waals surface area contributed by atoms with Gasteiger partial charge in [0.05, 0.1) is 6.33 Å². The second kappa shape index (κ2) is 4.28. The number of hydrogen-bond donors (Lipinski definition) is 1. The molecule has 0 radical (unpaired) electrons. The molecule has 15 heavy (non-hydrogen) atoms. The van der Waals surface area contributed by atoms with Crippen LogP contribution in [0.2, 0.25) is 0 Å². The lowest BCUT2D eigenvalue weighted by atomic mass is 10.0. The SMILES string of the molecule is Cc1ccccc1C(N)Cn1ccnc1. The molecular weight excluding hydrogens is 186 g/mol. The zero-order valence-corrected chi connectivity index (χ0v) is 8.80. The average Bonchev–Trinajstić information content (AvgIpc) is 2.71. The molecule has 3 nitrogen and oxygen atoms in total. The third-order valence-electron chi connectivity index (χ3n) is 2.55. The summed E-state index contributed by atoms with van der Waals surface area (Å²) in [6, 6.07) is 8.25. The molecule has 0 amide bonds. The van der Waals surface area contributed by atoms with Crippen molar-refractivity contribution in [3.8, 4) is 0 Å². The first-order valence-corrected chi connectivity index (χ1v) is 5.04. The predicted molar refractivity (Wildman–Crippen MR) is 60.3 cm³/mol. The highest BCUT2D eigenvalue weighted by molar-refractivity contribution is 5.28. The van der Waals surface area contributed by atoms with Gasteiger partial charge in [0.15, 0.2) is 0 Å². The summed E-state index contributed by atoms with van der Waals surface area (Å²) in [4.78, 5) is 4.00. The quantitative estimate of drug-likeness (QED) is 0.824. The van der Waals surface area contributed by atoms with Gasteiger partial charge in [0.1, 0.15) is 0 Å². The third-order valence-corrected chi connectivity index (χ3v) is 2.55. The largest absolute Gasteiger partial charge is 0.336 e. The van der Waals surface area contributed by atoms with Crippen molar-refractivity contribution < 1.29 is 0 Å². The molecule has 1 aromatic heterocycles. The summed E-state index contributed by atoms with van der Waals surface area (Å²) in [5.41, 5.74) is 8.58. The Kier molecular flexibility index (Phi) is 2.83. The van der Waals surface area contributed by atoms with Crippen molar-refractivity contribution in [2.75, 3.05) is 0 Å². The van der Waals surface area contributed by atoms with E-state index in [-0.39, 0.29) is 6.04 Å². The van der Waals surface area contributed by atoms with Crippen LogP contribution in [0.1, 0.15) is 17.2 Å². The Balaban J connectivity index is 2.15. The minimum absolute atomic E-state index is 0.0281. The fourth-order valence-corrected chi connectivity index (χ4v) is 1.72. The molecule has 3 heteroatoms. The lowest BCUT2D eigenvalue weighted by Crippen LogP contribution is -2.17. The molecule has 1 heterocycles. The van der Waals surface area contributed by atoms with Gasteiger partial charge in [-0.15, -0.1) is 0 Å². The Morgan fingerprint density at radius 2 is 2.20 bits per heavy atom. The van der Waals surface area contributed by atoms with Gasteiger partial charge < -0.3 is 10.3 Å². The van der Waals surface area contributed by atoms with Crippen LogP contribution in [0.25, 0.3) is 0 Å². The van der Waals surface area contributed by atoms with Crippen LogP contribution in [0.3, 0.4) is 0 Å². The second-order valence-corrected chi connectivity index (χ2v) is 3.72. The number of hydrogen-bond acceptors (Lipinski definition) is 2. The molecule has 2 N–H and O–H groups in total. The van der Waals surface area contributed by atoms with Crippen LogP contribution in [0.15, 0.2) is 43.0 Å². The molecule has 0 aliphatic rings. The molecule has 1 atom stereocenters. The van der Waals surface area contributed by atoms with Gasteiger partial charge >= 0.3 is 0 Å². The van der Waals surface area contributed by atoms with Crippen LogP contribution in [-0.4, -0.2) is 9.55 Å². The van der Waals surface area contributed by atoms with E-state index < -0.39 is 0 Å². The van der Waals surface area contributed by atoms with Crippen LogP contribution in [0.5, 0.6) is 0 Å². The van der Waals surface area contributed by atoms with Crippen molar-refractivity contribution in [3.63, 3.8) is 0 Å². The first-order valence-electron chi connectivity index (χ1n) is 5.04. The van der Waals surface area contributed by atoms with Gasteiger partial charge in [0.25, 0.3) is 0 Å². The highest BCUT2D eigenvalue weighted by Gasteiger charge is 2.08. The molecule has 1 aromatic carbocycles. The number of nitrogens with two attached hydrogens (primary N) is 1. The van der Waals surface area contributed by atoms with Crippen molar-refractivity contribution >= 4 is 0 Å². The van der Waals surface area contributed by atoms with E-state index in [1.54, 1.807) is 12.5 Å². The lowest BCUT2D eigenvalue weighted by molar-refractivity contribution is 0.574. The fraction of sp³-hybridized carbons (Fsp3) is 0.250. The Morgan fingerprint density at radius 1 is 1.40 bits per heavy atom. The van der Waals surface area contributed by atoms with Gasteiger partial charge in [-0.2, -0.15) is 0 Å². The first kappa shape index (κ1) is 9.93. The number of nitrogens with zero attached hydrogens (tertiary/aromatic N) is 2. The van der Waals surface area contributed by atoms with E-state index >= 15 is 0 Å². The highest BCUT2D eigenvalue weighted by Crippen LogP contribution is 2.16. The number of imidazole rings is 1. The van der Waals surface area contributed by atoms with Crippen molar-refractivity contribution in [2.45, 2.75) is 19.5 Å². The molecule has 0 spiro atoms.